The summed E-state index contributed by atoms with van der Waals surface area (Å²) in [5, 5.41) is 3.20. The quantitative estimate of drug-likeness (QED) is 0.835. The Morgan fingerprint density at radius 1 is 1.42 bits per heavy atom. The van der Waals surface area contributed by atoms with Crippen LogP contribution in [-0.2, 0) is 0 Å². The van der Waals surface area contributed by atoms with E-state index in [4.69, 9.17) is 0 Å². The lowest BCUT2D eigenvalue weighted by Crippen LogP contribution is -1.97. The van der Waals surface area contributed by atoms with Gasteiger partial charge in [-0.15, -0.1) is 6.58 Å². The van der Waals surface area contributed by atoms with Crippen LogP contribution in [-0.4, -0.2) is 6.54 Å². The minimum atomic E-state index is 0.778. The second-order valence-electron chi connectivity index (χ2n) is 2.29. The van der Waals surface area contributed by atoms with Gasteiger partial charge in [0.05, 0.1) is 0 Å². The van der Waals surface area contributed by atoms with Crippen molar-refractivity contribution in [2.45, 2.75) is 0 Å². The molecule has 3 heteroatoms. The predicted octanol–water partition coefficient (Wildman–Crippen LogP) is 3.81. The Bertz CT molecular complexity index is 284. The first-order valence-electron chi connectivity index (χ1n) is 3.54. The summed E-state index contributed by atoms with van der Waals surface area (Å²) in [6.07, 6.45) is 1.83. The summed E-state index contributed by atoms with van der Waals surface area (Å²) < 4.78 is 2.12. The molecule has 0 aliphatic heterocycles. The van der Waals surface area contributed by atoms with Gasteiger partial charge in [0.2, 0.25) is 0 Å². The van der Waals surface area contributed by atoms with Gasteiger partial charge in [0.15, 0.2) is 0 Å². The topological polar surface area (TPSA) is 12.0 Å². The van der Waals surface area contributed by atoms with Crippen LogP contribution in [0.3, 0.4) is 0 Å². The molecule has 0 bridgehead atoms. The summed E-state index contributed by atoms with van der Waals surface area (Å²) in [7, 11) is 0. The van der Waals surface area contributed by atoms with Crippen molar-refractivity contribution in [3.05, 3.63) is 39.8 Å². The van der Waals surface area contributed by atoms with Crippen molar-refractivity contribution in [1.29, 1.82) is 0 Å². The van der Waals surface area contributed by atoms with E-state index in [0.717, 1.165) is 21.2 Å². The fourth-order valence-electron chi connectivity index (χ4n) is 0.815. The molecule has 1 aromatic rings. The highest BCUT2D eigenvalue weighted by atomic mass is 79.9. The summed E-state index contributed by atoms with van der Waals surface area (Å²) in [4.78, 5) is 0. The lowest BCUT2D eigenvalue weighted by atomic mass is 10.3. The Hall–Kier alpha value is -0.280. The van der Waals surface area contributed by atoms with E-state index in [1.54, 1.807) is 0 Å². The molecule has 12 heavy (non-hydrogen) atoms. The third-order valence-corrected chi connectivity index (χ3v) is 2.52. The molecule has 0 aliphatic rings. The van der Waals surface area contributed by atoms with Crippen LogP contribution >= 0.6 is 31.9 Å². The van der Waals surface area contributed by atoms with Crippen molar-refractivity contribution < 1.29 is 0 Å². The summed E-state index contributed by atoms with van der Waals surface area (Å²) in [6, 6.07) is 6.01. The first-order chi connectivity index (χ1) is 5.74. The molecule has 0 fully saturated rings. The third-order valence-electron chi connectivity index (χ3n) is 1.37. The van der Waals surface area contributed by atoms with Crippen LogP contribution < -0.4 is 5.32 Å². The van der Waals surface area contributed by atoms with E-state index >= 15 is 0 Å². The first-order valence-corrected chi connectivity index (χ1v) is 5.12. The summed E-state index contributed by atoms with van der Waals surface area (Å²) in [5.41, 5.74) is 1.08. The molecule has 1 nitrogen and oxygen atoms in total. The molecule has 0 saturated heterocycles. The second kappa shape index (κ2) is 4.67. The van der Waals surface area contributed by atoms with E-state index < -0.39 is 0 Å². The maximum atomic E-state index is 3.64. The highest BCUT2D eigenvalue weighted by Crippen LogP contribution is 2.25. The Morgan fingerprint density at radius 3 is 2.75 bits per heavy atom. The number of anilines is 1. The average Bonchev–Trinajstić information content (AvgIpc) is 2.03. The summed E-state index contributed by atoms with van der Waals surface area (Å²) in [6.45, 7) is 4.41. The fourth-order valence-corrected chi connectivity index (χ4v) is 2.00. The molecule has 0 atom stereocenters. The van der Waals surface area contributed by atoms with Gasteiger partial charge >= 0.3 is 0 Å². The van der Waals surface area contributed by atoms with Crippen LogP contribution in [0, 0.1) is 0 Å². The Morgan fingerprint density at radius 2 is 2.17 bits per heavy atom. The molecule has 1 N–H and O–H groups in total. The standard InChI is InChI=1S/C9H9Br2N/c1-2-5-12-9-4-3-7(10)6-8(9)11/h2-4,6,12H,1,5H2. The normalized spacial score (nSPS) is 9.50. The molecular weight excluding hydrogens is 282 g/mol. The number of benzene rings is 1. The highest BCUT2D eigenvalue weighted by molar-refractivity contribution is 9.11. The van der Waals surface area contributed by atoms with Crippen molar-refractivity contribution >= 4 is 37.5 Å². The van der Waals surface area contributed by atoms with Gasteiger partial charge in [0.25, 0.3) is 0 Å². The predicted molar refractivity (Wildman–Crippen MR) is 60.5 cm³/mol. The zero-order chi connectivity index (χ0) is 8.97. The molecule has 0 heterocycles. The number of halogens is 2. The molecular formula is C9H9Br2N. The van der Waals surface area contributed by atoms with E-state index in [2.05, 4.69) is 43.8 Å². The molecule has 64 valence electrons. The van der Waals surface area contributed by atoms with E-state index in [1.165, 1.54) is 0 Å². The Labute approximate surface area is 89.1 Å². The van der Waals surface area contributed by atoms with Gasteiger partial charge in [-0.25, -0.2) is 0 Å². The van der Waals surface area contributed by atoms with Crippen molar-refractivity contribution in [3.8, 4) is 0 Å². The van der Waals surface area contributed by atoms with Crippen LogP contribution in [0.15, 0.2) is 39.8 Å². The van der Waals surface area contributed by atoms with Crippen LogP contribution in [0.5, 0.6) is 0 Å². The monoisotopic (exact) mass is 289 g/mol. The van der Waals surface area contributed by atoms with E-state index in [-0.39, 0.29) is 0 Å². The minimum absolute atomic E-state index is 0.778. The number of nitrogens with one attached hydrogen (secondary N) is 1. The van der Waals surface area contributed by atoms with Gasteiger partial charge in [-0.05, 0) is 34.1 Å². The van der Waals surface area contributed by atoms with Crippen molar-refractivity contribution in [3.63, 3.8) is 0 Å². The lowest BCUT2D eigenvalue weighted by Gasteiger charge is -2.05. The van der Waals surface area contributed by atoms with Crippen LogP contribution in [0.4, 0.5) is 5.69 Å². The molecule has 0 aliphatic carbocycles. The molecule has 1 rings (SSSR count). The maximum absolute atomic E-state index is 3.64. The zero-order valence-electron chi connectivity index (χ0n) is 6.48. The van der Waals surface area contributed by atoms with E-state index in [1.807, 2.05) is 24.3 Å². The second-order valence-corrected chi connectivity index (χ2v) is 4.06. The first kappa shape index (κ1) is 9.81. The minimum Gasteiger partial charge on any atom is -0.381 e. The van der Waals surface area contributed by atoms with Crippen molar-refractivity contribution in [2.75, 3.05) is 11.9 Å². The molecule has 0 aromatic heterocycles. The van der Waals surface area contributed by atoms with E-state index in [0.29, 0.717) is 0 Å². The molecule has 0 unspecified atom stereocenters. The van der Waals surface area contributed by atoms with Gasteiger partial charge in [0, 0.05) is 21.2 Å². The molecule has 0 radical (unpaired) electrons. The Balaban J connectivity index is 2.78. The largest absolute Gasteiger partial charge is 0.381 e. The fraction of sp³-hybridized carbons (Fsp3) is 0.111. The highest BCUT2D eigenvalue weighted by Gasteiger charge is 1.97. The molecule has 0 amide bonds. The smallest absolute Gasteiger partial charge is 0.0487 e. The van der Waals surface area contributed by atoms with Gasteiger partial charge in [-0.1, -0.05) is 22.0 Å². The Kier molecular flexibility index (Phi) is 3.82. The lowest BCUT2D eigenvalue weighted by molar-refractivity contribution is 1.33. The van der Waals surface area contributed by atoms with Gasteiger partial charge in [-0.2, -0.15) is 0 Å². The number of hydrogen-bond acceptors (Lipinski definition) is 1. The van der Waals surface area contributed by atoms with Crippen LogP contribution in [0.1, 0.15) is 0 Å². The molecule has 0 saturated carbocycles. The summed E-state index contributed by atoms with van der Waals surface area (Å²) in [5.74, 6) is 0. The third kappa shape index (κ3) is 2.64. The van der Waals surface area contributed by atoms with Gasteiger partial charge in [-0.3, -0.25) is 0 Å². The van der Waals surface area contributed by atoms with Crippen molar-refractivity contribution in [2.24, 2.45) is 0 Å². The van der Waals surface area contributed by atoms with E-state index in [9.17, 15) is 0 Å². The average molecular weight is 291 g/mol. The van der Waals surface area contributed by atoms with Crippen LogP contribution in [0.25, 0.3) is 0 Å². The van der Waals surface area contributed by atoms with Gasteiger partial charge < -0.3 is 5.32 Å². The summed E-state index contributed by atoms with van der Waals surface area (Å²) >= 11 is 6.84. The number of hydrogen-bond donors (Lipinski definition) is 1. The molecule has 1 aromatic carbocycles. The van der Waals surface area contributed by atoms with Crippen LogP contribution in [0.2, 0.25) is 0 Å². The zero-order valence-corrected chi connectivity index (χ0v) is 9.65. The van der Waals surface area contributed by atoms with Gasteiger partial charge in [0.1, 0.15) is 0 Å². The molecule has 0 spiro atoms. The number of rotatable bonds is 3. The SMILES string of the molecule is C=CCNc1ccc(Br)cc1Br. The maximum Gasteiger partial charge on any atom is 0.0487 e. The van der Waals surface area contributed by atoms with Crippen molar-refractivity contribution in [1.82, 2.24) is 0 Å².